The van der Waals surface area contributed by atoms with Gasteiger partial charge in [0.1, 0.15) is 5.82 Å². The molecule has 0 fully saturated rings. The van der Waals surface area contributed by atoms with Crippen molar-refractivity contribution in [1.82, 2.24) is 4.98 Å². The molecule has 0 aliphatic rings. The third-order valence-corrected chi connectivity index (χ3v) is 2.87. The van der Waals surface area contributed by atoms with E-state index in [0.29, 0.717) is 0 Å². The summed E-state index contributed by atoms with van der Waals surface area (Å²) in [6.07, 6.45) is 1.27. The van der Waals surface area contributed by atoms with Gasteiger partial charge in [0, 0.05) is 6.20 Å². The molecule has 1 heterocycles. The number of para-hydroxylation sites is 1. The molecule has 22 heavy (non-hydrogen) atoms. The van der Waals surface area contributed by atoms with Gasteiger partial charge in [-0.15, -0.1) is 0 Å². The van der Waals surface area contributed by atoms with E-state index in [1.54, 1.807) is 6.07 Å². The van der Waals surface area contributed by atoms with Gasteiger partial charge in [-0.25, -0.2) is 19.0 Å². The third kappa shape index (κ3) is 3.03. The maximum atomic E-state index is 13.8. The quantitative estimate of drug-likeness (QED) is 0.875. The molecule has 0 saturated heterocycles. The van der Waals surface area contributed by atoms with Crippen LogP contribution in [-0.4, -0.2) is 31.1 Å². The van der Waals surface area contributed by atoms with Gasteiger partial charge in [-0.3, -0.25) is 0 Å². The molecule has 2 rings (SSSR count). The van der Waals surface area contributed by atoms with Gasteiger partial charge in [-0.05, 0) is 18.2 Å². The summed E-state index contributed by atoms with van der Waals surface area (Å²) in [7, 11) is 2.38. The smallest absolute Gasteiger partial charge is 0.358 e. The van der Waals surface area contributed by atoms with Crippen molar-refractivity contribution >= 4 is 23.3 Å². The highest BCUT2D eigenvalue weighted by molar-refractivity contribution is 6.03. The summed E-state index contributed by atoms with van der Waals surface area (Å²) in [5, 5.41) is 2.70. The molecule has 0 aliphatic heterocycles. The molecule has 0 amide bonds. The number of aromatic nitrogens is 1. The molecule has 0 aliphatic carbocycles. The molecule has 1 N–H and O–H groups in total. The number of hydrogen-bond acceptors (Lipinski definition) is 6. The average Bonchev–Trinajstić information content (AvgIpc) is 2.55. The van der Waals surface area contributed by atoms with Crippen molar-refractivity contribution in [2.24, 2.45) is 0 Å². The Labute approximate surface area is 125 Å². The van der Waals surface area contributed by atoms with Crippen molar-refractivity contribution in [3.63, 3.8) is 0 Å². The highest BCUT2D eigenvalue weighted by Gasteiger charge is 2.22. The number of nitrogens with one attached hydrogen (secondary N) is 1. The number of methoxy groups -OCH3 is 2. The number of halogens is 1. The molecule has 7 heteroatoms. The molecule has 6 nitrogen and oxygen atoms in total. The normalized spacial score (nSPS) is 9.95. The van der Waals surface area contributed by atoms with Gasteiger partial charge in [-0.1, -0.05) is 12.1 Å². The van der Waals surface area contributed by atoms with E-state index in [1.807, 2.05) is 0 Å². The van der Waals surface area contributed by atoms with Crippen molar-refractivity contribution in [2.75, 3.05) is 19.5 Å². The number of carbonyl (C=O) groups is 2. The molecule has 0 spiro atoms. The van der Waals surface area contributed by atoms with Crippen LogP contribution < -0.4 is 5.32 Å². The summed E-state index contributed by atoms with van der Waals surface area (Å²) in [5.74, 6) is -1.99. The minimum Gasteiger partial charge on any atom is -0.465 e. The van der Waals surface area contributed by atoms with E-state index >= 15 is 0 Å². The number of esters is 2. The number of nitrogens with zero attached hydrogens (tertiary/aromatic N) is 1. The van der Waals surface area contributed by atoms with Gasteiger partial charge in [0.15, 0.2) is 5.69 Å². The third-order valence-electron chi connectivity index (χ3n) is 2.87. The van der Waals surface area contributed by atoms with Crippen molar-refractivity contribution in [1.29, 1.82) is 0 Å². The predicted octanol–water partition coefficient (Wildman–Crippen LogP) is 2.54. The van der Waals surface area contributed by atoms with Crippen LogP contribution in [0.1, 0.15) is 20.8 Å². The van der Waals surface area contributed by atoms with E-state index in [0.717, 1.165) is 0 Å². The van der Waals surface area contributed by atoms with E-state index in [1.165, 1.54) is 44.7 Å². The summed E-state index contributed by atoms with van der Waals surface area (Å²) < 4.78 is 23.1. The van der Waals surface area contributed by atoms with Crippen LogP contribution >= 0.6 is 0 Å². The van der Waals surface area contributed by atoms with Crippen LogP contribution in [0.25, 0.3) is 0 Å². The van der Waals surface area contributed by atoms with Gasteiger partial charge < -0.3 is 14.8 Å². The number of carbonyl (C=O) groups excluding carboxylic acids is 2. The van der Waals surface area contributed by atoms with E-state index in [4.69, 9.17) is 0 Å². The molecule has 114 valence electrons. The van der Waals surface area contributed by atoms with Crippen LogP contribution in [0.2, 0.25) is 0 Å². The number of benzene rings is 1. The van der Waals surface area contributed by atoms with Crippen molar-refractivity contribution in [2.45, 2.75) is 0 Å². The van der Waals surface area contributed by atoms with Crippen LogP contribution in [0.5, 0.6) is 0 Å². The van der Waals surface area contributed by atoms with E-state index in [2.05, 4.69) is 19.8 Å². The first-order valence-corrected chi connectivity index (χ1v) is 6.25. The number of anilines is 2. The topological polar surface area (TPSA) is 77.5 Å². The second-order valence-electron chi connectivity index (χ2n) is 4.17. The molecular formula is C15H13FN2O4. The first-order chi connectivity index (χ1) is 10.6. The molecule has 0 bridgehead atoms. The van der Waals surface area contributed by atoms with Crippen LogP contribution in [0.3, 0.4) is 0 Å². The Kier molecular flexibility index (Phi) is 4.67. The predicted molar refractivity (Wildman–Crippen MR) is 76.6 cm³/mol. The lowest BCUT2D eigenvalue weighted by molar-refractivity contribution is 0.0595. The molecule has 0 unspecified atom stereocenters. The van der Waals surface area contributed by atoms with Gasteiger partial charge in [0.25, 0.3) is 0 Å². The summed E-state index contributed by atoms with van der Waals surface area (Å²) in [4.78, 5) is 27.5. The van der Waals surface area contributed by atoms with E-state index in [9.17, 15) is 14.0 Å². The fourth-order valence-corrected chi connectivity index (χ4v) is 1.82. The van der Waals surface area contributed by atoms with Gasteiger partial charge in [-0.2, -0.15) is 0 Å². The SMILES string of the molecule is COC(=O)c1ccnc(C(=O)OC)c1Nc1ccccc1F. The first kappa shape index (κ1) is 15.4. The van der Waals surface area contributed by atoms with Crippen molar-refractivity contribution < 1.29 is 23.5 Å². The fourth-order valence-electron chi connectivity index (χ4n) is 1.82. The standard InChI is InChI=1S/C15H13FN2O4/c1-21-14(19)9-7-8-17-13(15(20)22-2)12(9)18-11-6-4-3-5-10(11)16/h3-8,18H,1-2H3. The number of rotatable bonds is 4. The van der Waals surface area contributed by atoms with Gasteiger partial charge in [0.05, 0.1) is 31.2 Å². The Morgan fingerprint density at radius 1 is 1.09 bits per heavy atom. The lowest BCUT2D eigenvalue weighted by atomic mass is 10.1. The Hall–Kier alpha value is -2.96. The molecular weight excluding hydrogens is 291 g/mol. The van der Waals surface area contributed by atoms with E-state index in [-0.39, 0.29) is 22.6 Å². The average molecular weight is 304 g/mol. The highest BCUT2D eigenvalue weighted by atomic mass is 19.1. The lowest BCUT2D eigenvalue weighted by Crippen LogP contribution is -2.14. The van der Waals surface area contributed by atoms with Gasteiger partial charge >= 0.3 is 11.9 Å². The highest BCUT2D eigenvalue weighted by Crippen LogP contribution is 2.26. The summed E-state index contributed by atoms with van der Waals surface area (Å²) in [6, 6.07) is 7.20. The molecule has 0 radical (unpaired) electrons. The van der Waals surface area contributed by atoms with Crippen LogP contribution in [-0.2, 0) is 9.47 Å². The summed E-state index contributed by atoms with van der Waals surface area (Å²) in [5.41, 5.74) is 0.00640. The Morgan fingerprint density at radius 2 is 1.77 bits per heavy atom. The minimum absolute atomic E-state index is 0.0197. The maximum absolute atomic E-state index is 13.8. The van der Waals surface area contributed by atoms with Crippen LogP contribution in [0.4, 0.5) is 15.8 Å². The summed E-state index contributed by atoms with van der Waals surface area (Å²) >= 11 is 0. The number of ether oxygens (including phenoxy) is 2. The zero-order chi connectivity index (χ0) is 16.1. The van der Waals surface area contributed by atoms with Gasteiger partial charge in [0.2, 0.25) is 0 Å². The number of pyridine rings is 1. The summed E-state index contributed by atoms with van der Waals surface area (Å²) in [6.45, 7) is 0. The molecule has 1 aromatic heterocycles. The number of hydrogen-bond donors (Lipinski definition) is 1. The first-order valence-electron chi connectivity index (χ1n) is 6.25. The van der Waals surface area contributed by atoms with Crippen LogP contribution in [0.15, 0.2) is 36.5 Å². The molecule has 0 saturated carbocycles. The minimum atomic E-state index is -0.760. The second kappa shape index (κ2) is 6.66. The monoisotopic (exact) mass is 304 g/mol. The fraction of sp³-hybridized carbons (Fsp3) is 0.133. The lowest BCUT2D eigenvalue weighted by Gasteiger charge is -2.14. The van der Waals surface area contributed by atoms with E-state index < -0.39 is 17.8 Å². The second-order valence-corrected chi connectivity index (χ2v) is 4.17. The van der Waals surface area contributed by atoms with Crippen molar-refractivity contribution in [3.05, 3.63) is 53.6 Å². The Balaban J connectivity index is 2.57. The zero-order valence-electron chi connectivity index (χ0n) is 11.9. The maximum Gasteiger partial charge on any atom is 0.358 e. The zero-order valence-corrected chi connectivity index (χ0v) is 11.9. The Bertz CT molecular complexity index is 684. The molecule has 2 aromatic rings. The Morgan fingerprint density at radius 3 is 2.41 bits per heavy atom. The van der Waals surface area contributed by atoms with Crippen LogP contribution in [0, 0.1) is 5.82 Å². The van der Waals surface area contributed by atoms with Crippen molar-refractivity contribution in [3.8, 4) is 0 Å². The largest absolute Gasteiger partial charge is 0.465 e. The molecule has 0 atom stereocenters. The molecule has 1 aromatic carbocycles.